The van der Waals surface area contributed by atoms with Gasteiger partial charge in [-0.05, 0) is 24.3 Å². The van der Waals surface area contributed by atoms with E-state index in [1.165, 1.54) is 0 Å². The van der Waals surface area contributed by atoms with Gasteiger partial charge >= 0.3 is 0 Å². The van der Waals surface area contributed by atoms with Crippen molar-refractivity contribution >= 4 is 11.6 Å². The van der Waals surface area contributed by atoms with Crippen LogP contribution in [-0.4, -0.2) is 17.5 Å². The summed E-state index contributed by atoms with van der Waals surface area (Å²) >= 11 is 0. The lowest BCUT2D eigenvalue weighted by atomic mass is 10.1. The van der Waals surface area contributed by atoms with Crippen LogP contribution in [0.2, 0.25) is 0 Å². The van der Waals surface area contributed by atoms with E-state index in [1.807, 2.05) is 72.8 Å². The van der Waals surface area contributed by atoms with Crippen LogP contribution in [0.5, 0.6) is 5.75 Å². The monoisotopic (exact) mass is 304 g/mol. The first kappa shape index (κ1) is 14.8. The Morgan fingerprint density at radius 3 is 2.26 bits per heavy atom. The van der Waals surface area contributed by atoms with Gasteiger partial charge < -0.3 is 10.1 Å². The predicted octanol–water partition coefficient (Wildman–Crippen LogP) is 3.77. The van der Waals surface area contributed by atoms with Crippen LogP contribution >= 0.6 is 0 Å². The molecular formula is C19H16N2O2. The highest BCUT2D eigenvalue weighted by Gasteiger charge is 2.05. The number of pyridine rings is 1. The predicted molar refractivity (Wildman–Crippen MR) is 90.2 cm³/mol. The van der Waals surface area contributed by atoms with Crippen LogP contribution in [0.15, 0.2) is 79.0 Å². The number of carbonyl (C=O) groups excluding carboxylic acids is 1. The Morgan fingerprint density at radius 1 is 0.913 bits per heavy atom. The van der Waals surface area contributed by atoms with Crippen LogP contribution in [0, 0.1) is 0 Å². The number of ether oxygens (including phenoxy) is 1. The van der Waals surface area contributed by atoms with E-state index in [2.05, 4.69) is 10.3 Å². The number of rotatable bonds is 5. The number of nitrogens with one attached hydrogen (secondary N) is 1. The van der Waals surface area contributed by atoms with E-state index < -0.39 is 0 Å². The van der Waals surface area contributed by atoms with Gasteiger partial charge in [0.05, 0.1) is 17.6 Å². The molecule has 0 aliphatic carbocycles. The van der Waals surface area contributed by atoms with Crippen molar-refractivity contribution < 1.29 is 9.53 Å². The highest BCUT2D eigenvalue weighted by Crippen LogP contribution is 2.17. The Balaban J connectivity index is 1.57. The van der Waals surface area contributed by atoms with Crippen molar-refractivity contribution in [2.24, 2.45) is 0 Å². The number of hydrogen-bond donors (Lipinski definition) is 1. The van der Waals surface area contributed by atoms with E-state index in [0.29, 0.717) is 11.4 Å². The van der Waals surface area contributed by atoms with Crippen LogP contribution in [0.4, 0.5) is 5.69 Å². The molecule has 4 nitrogen and oxygen atoms in total. The molecule has 1 amide bonds. The van der Waals surface area contributed by atoms with Crippen LogP contribution in [0.25, 0.3) is 11.3 Å². The second-order valence-electron chi connectivity index (χ2n) is 4.95. The number of benzene rings is 2. The molecule has 0 aliphatic heterocycles. The molecule has 0 fully saturated rings. The molecular weight excluding hydrogens is 288 g/mol. The Kier molecular flexibility index (Phi) is 4.64. The Morgan fingerprint density at radius 2 is 1.61 bits per heavy atom. The van der Waals surface area contributed by atoms with Crippen molar-refractivity contribution in [3.05, 3.63) is 79.0 Å². The number of para-hydroxylation sites is 1. The Labute approximate surface area is 134 Å². The molecule has 23 heavy (non-hydrogen) atoms. The fourth-order valence-corrected chi connectivity index (χ4v) is 2.11. The Hall–Kier alpha value is -3.14. The molecule has 0 aliphatic rings. The smallest absolute Gasteiger partial charge is 0.262 e. The van der Waals surface area contributed by atoms with E-state index in [1.54, 1.807) is 6.20 Å². The van der Waals surface area contributed by atoms with Crippen molar-refractivity contribution in [2.75, 3.05) is 11.9 Å². The molecule has 3 rings (SSSR count). The summed E-state index contributed by atoms with van der Waals surface area (Å²) in [6, 6.07) is 22.8. The van der Waals surface area contributed by atoms with Gasteiger partial charge in [-0.3, -0.25) is 9.78 Å². The molecule has 1 N–H and O–H groups in total. The summed E-state index contributed by atoms with van der Waals surface area (Å²) in [6.07, 6.45) is 1.64. The minimum absolute atomic E-state index is 0.0373. The summed E-state index contributed by atoms with van der Waals surface area (Å²) in [6.45, 7) is -0.0373. The van der Waals surface area contributed by atoms with Gasteiger partial charge in [-0.2, -0.15) is 0 Å². The van der Waals surface area contributed by atoms with Gasteiger partial charge in [-0.1, -0.05) is 48.5 Å². The zero-order chi connectivity index (χ0) is 15.9. The third-order valence-corrected chi connectivity index (χ3v) is 3.23. The highest BCUT2D eigenvalue weighted by atomic mass is 16.5. The van der Waals surface area contributed by atoms with Gasteiger partial charge in [-0.15, -0.1) is 0 Å². The summed E-state index contributed by atoms with van der Waals surface area (Å²) < 4.78 is 5.40. The van der Waals surface area contributed by atoms with Crippen molar-refractivity contribution in [3.8, 4) is 17.0 Å². The van der Waals surface area contributed by atoms with Crippen molar-refractivity contribution in [2.45, 2.75) is 0 Å². The molecule has 0 saturated heterocycles. The van der Waals surface area contributed by atoms with Crippen LogP contribution in [0.3, 0.4) is 0 Å². The van der Waals surface area contributed by atoms with Gasteiger partial charge in [0.1, 0.15) is 5.75 Å². The van der Waals surface area contributed by atoms with Crippen molar-refractivity contribution in [1.29, 1.82) is 0 Å². The van der Waals surface area contributed by atoms with Crippen LogP contribution < -0.4 is 10.1 Å². The fraction of sp³-hybridized carbons (Fsp3) is 0.0526. The van der Waals surface area contributed by atoms with Gasteiger partial charge in [0.25, 0.3) is 5.91 Å². The average molecular weight is 304 g/mol. The number of carbonyl (C=O) groups is 1. The maximum atomic E-state index is 11.9. The maximum absolute atomic E-state index is 11.9. The number of hydrogen-bond acceptors (Lipinski definition) is 3. The summed E-state index contributed by atoms with van der Waals surface area (Å²) in [5, 5.41) is 2.76. The minimum atomic E-state index is -0.219. The summed E-state index contributed by atoms with van der Waals surface area (Å²) in [4.78, 5) is 16.2. The Bertz CT molecular complexity index is 756. The highest BCUT2D eigenvalue weighted by molar-refractivity contribution is 5.91. The molecule has 3 aromatic rings. The van der Waals surface area contributed by atoms with E-state index in [4.69, 9.17) is 4.74 Å². The van der Waals surface area contributed by atoms with E-state index in [9.17, 15) is 4.79 Å². The minimum Gasteiger partial charge on any atom is -0.484 e. The summed E-state index contributed by atoms with van der Waals surface area (Å²) in [5.41, 5.74) is 2.55. The number of anilines is 1. The molecule has 0 bridgehead atoms. The maximum Gasteiger partial charge on any atom is 0.262 e. The lowest BCUT2D eigenvalue weighted by Crippen LogP contribution is -2.20. The first-order valence-electron chi connectivity index (χ1n) is 7.30. The SMILES string of the molecule is O=C(COc1ccccc1)Nc1ccc(-c2ccccc2)nc1. The van der Waals surface area contributed by atoms with Crippen LogP contribution in [-0.2, 0) is 4.79 Å². The van der Waals surface area contributed by atoms with E-state index in [0.717, 1.165) is 11.3 Å². The topological polar surface area (TPSA) is 51.2 Å². The number of amides is 1. The largest absolute Gasteiger partial charge is 0.484 e. The molecule has 0 unspecified atom stereocenters. The van der Waals surface area contributed by atoms with Crippen molar-refractivity contribution in [3.63, 3.8) is 0 Å². The molecule has 1 heterocycles. The van der Waals surface area contributed by atoms with E-state index in [-0.39, 0.29) is 12.5 Å². The molecule has 2 aromatic carbocycles. The first-order chi connectivity index (χ1) is 11.3. The van der Waals surface area contributed by atoms with Gasteiger partial charge in [0.2, 0.25) is 0 Å². The second kappa shape index (κ2) is 7.22. The second-order valence-corrected chi connectivity index (χ2v) is 4.95. The number of nitrogens with zero attached hydrogens (tertiary/aromatic N) is 1. The number of aromatic nitrogens is 1. The lowest BCUT2D eigenvalue weighted by molar-refractivity contribution is -0.118. The molecule has 0 radical (unpaired) electrons. The third kappa shape index (κ3) is 4.17. The molecule has 0 atom stereocenters. The average Bonchev–Trinajstić information content (AvgIpc) is 2.62. The molecule has 114 valence electrons. The lowest BCUT2D eigenvalue weighted by Gasteiger charge is -2.08. The molecule has 1 aromatic heterocycles. The van der Waals surface area contributed by atoms with E-state index >= 15 is 0 Å². The third-order valence-electron chi connectivity index (χ3n) is 3.23. The quantitative estimate of drug-likeness (QED) is 0.780. The van der Waals surface area contributed by atoms with Crippen molar-refractivity contribution in [1.82, 2.24) is 4.98 Å². The standard InChI is InChI=1S/C19H16N2O2/c22-19(14-23-17-9-5-2-6-10-17)21-16-11-12-18(20-13-16)15-7-3-1-4-8-15/h1-13H,14H2,(H,21,22). The fourth-order valence-electron chi connectivity index (χ4n) is 2.11. The van der Waals surface area contributed by atoms with Crippen LogP contribution in [0.1, 0.15) is 0 Å². The van der Waals surface area contributed by atoms with Gasteiger partial charge in [-0.25, -0.2) is 0 Å². The molecule has 0 saturated carbocycles. The zero-order valence-electron chi connectivity index (χ0n) is 12.5. The summed E-state index contributed by atoms with van der Waals surface area (Å²) in [5.74, 6) is 0.448. The summed E-state index contributed by atoms with van der Waals surface area (Å²) in [7, 11) is 0. The molecule has 4 heteroatoms. The first-order valence-corrected chi connectivity index (χ1v) is 7.30. The zero-order valence-corrected chi connectivity index (χ0v) is 12.5. The normalized spacial score (nSPS) is 10.1. The molecule has 0 spiro atoms. The van der Waals surface area contributed by atoms with Gasteiger partial charge in [0, 0.05) is 5.56 Å². The van der Waals surface area contributed by atoms with Gasteiger partial charge in [0.15, 0.2) is 6.61 Å².